The molecule has 9 heteroatoms. The molecule has 0 radical (unpaired) electrons. The lowest BCUT2D eigenvalue weighted by atomic mass is 10.0. The van der Waals surface area contributed by atoms with Crippen LogP contribution in [-0.4, -0.2) is 21.5 Å². The van der Waals surface area contributed by atoms with Gasteiger partial charge in [0.1, 0.15) is 5.76 Å². The monoisotopic (exact) mass is 390 g/mol. The number of hydrogen-bond donors (Lipinski definition) is 2. The van der Waals surface area contributed by atoms with Crippen molar-refractivity contribution in [3.63, 3.8) is 0 Å². The summed E-state index contributed by atoms with van der Waals surface area (Å²) in [6, 6.07) is 7.40. The van der Waals surface area contributed by atoms with Crippen molar-refractivity contribution in [3.05, 3.63) is 71.8 Å². The number of H-pyrrole nitrogens is 1. The van der Waals surface area contributed by atoms with Crippen molar-refractivity contribution in [2.45, 2.75) is 31.2 Å². The van der Waals surface area contributed by atoms with Crippen molar-refractivity contribution in [3.8, 4) is 0 Å². The van der Waals surface area contributed by atoms with Gasteiger partial charge in [-0.2, -0.15) is 0 Å². The van der Waals surface area contributed by atoms with E-state index in [-0.39, 0.29) is 24.0 Å². The third kappa shape index (κ3) is 3.94. The molecule has 1 aliphatic rings. The number of halogens is 3. The quantitative estimate of drug-likeness (QED) is 0.680. The highest BCUT2D eigenvalue weighted by Crippen LogP contribution is 2.30. The minimum atomic E-state index is -4.71. The van der Waals surface area contributed by atoms with E-state index in [1.165, 1.54) is 12.2 Å². The van der Waals surface area contributed by atoms with Gasteiger partial charge >= 0.3 is 6.36 Å². The zero-order valence-corrected chi connectivity index (χ0v) is 14.6. The number of benzene rings is 1. The van der Waals surface area contributed by atoms with E-state index in [0.717, 1.165) is 16.5 Å². The molecule has 2 heterocycles. The molecule has 3 N–H and O–H groups in total. The zero-order chi connectivity index (χ0) is 19.7. The van der Waals surface area contributed by atoms with Crippen LogP contribution in [-0.2, 0) is 11.2 Å². The number of alkyl halides is 3. The molecular formula is C19H17F3N4O2. The predicted molar refractivity (Wildman–Crippen MR) is 95.0 cm³/mol. The smallest absolute Gasteiger partial charge is 0.423 e. The van der Waals surface area contributed by atoms with Crippen LogP contribution in [0.4, 0.5) is 13.2 Å². The summed E-state index contributed by atoms with van der Waals surface area (Å²) in [6.45, 7) is 0. The van der Waals surface area contributed by atoms with Crippen LogP contribution in [0, 0.1) is 0 Å². The molecule has 3 aromatic rings. The maximum Gasteiger partial charge on any atom is 0.573 e. The van der Waals surface area contributed by atoms with Gasteiger partial charge in [-0.15, -0.1) is 23.4 Å². The van der Waals surface area contributed by atoms with Crippen molar-refractivity contribution in [1.82, 2.24) is 15.2 Å². The third-order valence-electron chi connectivity index (χ3n) is 4.50. The minimum absolute atomic E-state index is 0.250. The normalized spacial score (nSPS) is 18.3. The summed E-state index contributed by atoms with van der Waals surface area (Å²) in [5, 5.41) is 9.10. The number of rotatable bonds is 5. The standard InChI is InChI=1S/C19H17F3N4O2/c20-19(21,22)28-13-7-5-11(6-8-13)17-25-26-18(27-17)15(23)9-12-10-24-16-4-2-1-3-14(12)16/h1-5,7-8,10-11,15,24H,6,9,23H2/t11?,15-/m1/s1. The molecule has 0 saturated heterocycles. The number of aromatic nitrogens is 3. The number of fused-ring (bicyclic) bond motifs is 1. The molecule has 0 fully saturated rings. The van der Waals surface area contributed by atoms with Gasteiger partial charge < -0.3 is 19.9 Å². The van der Waals surface area contributed by atoms with Gasteiger partial charge in [-0.25, -0.2) is 0 Å². The van der Waals surface area contributed by atoms with E-state index < -0.39 is 12.4 Å². The zero-order valence-electron chi connectivity index (χ0n) is 14.6. The van der Waals surface area contributed by atoms with Crippen LogP contribution in [0.15, 0.2) is 58.9 Å². The van der Waals surface area contributed by atoms with Gasteiger partial charge in [0.25, 0.3) is 0 Å². The van der Waals surface area contributed by atoms with Crippen LogP contribution in [0.2, 0.25) is 0 Å². The Morgan fingerprint density at radius 1 is 1.29 bits per heavy atom. The Bertz CT molecular complexity index is 1040. The molecule has 2 atom stereocenters. The van der Waals surface area contributed by atoms with Gasteiger partial charge in [-0.3, -0.25) is 0 Å². The molecule has 0 bridgehead atoms. The van der Waals surface area contributed by atoms with Gasteiger partial charge in [0.15, 0.2) is 0 Å². The number of hydrogen-bond acceptors (Lipinski definition) is 5. The summed E-state index contributed by atoms with van der Waals surface area (Å²) in [5.41, 5.74) is 8.29. The molecule has 146 valence electrons. The highest BCUT2D eigenvalue weighted by molar-refractivity contribution is 5.83. The van der Waals surface area contributed by atoms with Crippen LogP contribution in [0.25, 0.3) is 10.9 Å². The molecule has 2 aromatic heterocycles. The molecule has 0 spiro atoms. The Kier molecular flexibility index (Phi) is 4.68. The van der Waals surface area contributed by atoms with E-state index in [1.54, 1.807) is 6.08 Å². The first-order valence-electron chi connectivity index (χ1n) is 8.67. The molecule has 0 amide bonds. The molecule has 4 rings (SSSR count). The van der Waals surface area contributed by atoms with E-state index in [1.807, 2.05) is 30.5 Å². The van der Waals surface area contributed by atoms with Crippen molar-refractivity contribution < 1.29 is 22.3 Å². The highest BCUT2D eigenvalue weighted by atomic mass is 19.4. The SMILES string of the molecule is N[C@H](Cc1c[nH]c2ccccc12)c1nnc(C2C=CC(OC(F)(F)F)=CC2)o1. The van der Waals surface area contributed by atoms with E-state index in [0.29, 0.717) is 12.3 Å². The highest BCUT2D eigenvalue weighted by Gasteiger charge is 2.32. The third-order valence-corrected chi connectivity index (χ3v) is 4.50. The summed E-state index contributed by atoms with van der Waals surface area (Å²) in [6.07, 6.45) is 2.10. The van der Waals surface area contributed by atoms with Gasteiger partial charge in [-0.1, -0.05) is 24.3 Å². The molecule has 1 aromatic carbocycles. The van der Waals surface area contributed by atoms with Gasteiger partial charge in [0.2, 0.25) is 11.8 Å². The maximum atomic E-state index is 12.3. The fourth-order valence-corrected chi connectivity index (χ4v) is 3.16. The Morgan fingerprint density at radius 2 is 2.11 bits per heavy atom. The number of ether oxygens (including phenoxy) is 1. The Balaban J connectivity index is 1.43. The van der Waals surface area contributed by atoms with Crippen molar-refractivity contribution >= 4 is 10.9 Å². The Hall–Kier alpha value is -3.07. The topological polar surface area (TPSA) is 90.0 Å². The molecule has 0 aliphatic heterocycles. The lowest BCUT2D eigenvalue weighted by Gasteiger charge is -2.15. The van der Waals surface area contributed by atoms with Crippen molar-refractivity contribution in [2.24, 2.45) is 5.73 Å². The van der Waals surface area contributed by atoms with E-state index in [2.05, 4.69) is 19.9 Å². The first-order chi connectivity index (χ1) is 13.4. The fraction of sp³-hybridized carbons (Fsp3) is 0.263. The van der Waals surface area contributed by atoms with Gasteiger partial charge in [0.05, 0.1) is 12.0 Å². The number of nitrogens with one attached hydrogen (secondary N) is 1. The van der Waals surface area contributed by atoms with E-state index in [4.69, 9.17) is 10.2 Å². The number of para-hydroxylation sites is 1. The van der Waals surface area contributed by atoms with Crippen molar-refractivity contribution in [1.29, 1.82) is 0 Å². The first kappa shape index (κ1) is 18.3. The number of nitrogens with two attached hydrogens (primary N) is 1. The average Bonchev–Trinajstić information content (AvgIpc) is 3.29. The average molecular weight is 390 g/mol. The van der Waals surface area contributed by atoms with E-state index in [9.17, 15) is 13.2 Å². The van der Waals surface area contributed by atoms with Crippen LogP contribution >= 0.6 is 0 Å². The Labute approximate surface area is 157 Å². The molecule has 1 unspecified atom stereocenters. The summed E-state index contributed by atoms with van der Waals surface area (Å²) >= 11 is 0. The minimum Gasteiger partial charge on any atom is -0.423 e. The molecular weight excluding hydrogens is 373 g/mol. The second-order valence-corrected chi connectivity index (χ2v) is 6.50. The summed E-state index contributed by atoms with van der Waals surface area (Å²) < 4.78 is 46.3. The van der Waals surface area contributed by atoms with E-state index >= 15 is 0 Å². The van der Waals surface area contributed by atoms with Crippen molar-refractivity contribution in [2.75, 3.05) is 0 Å². The second-order valence-electron chi connectivity index (χ2n) is 6.50. The lowest BCUT2D eigenvalue weighted by molar-refractivity contribution is -0.303. The number of aromatic amines is 1. The van der Waals surface area contributed by atoms with Crippen LogP contribution < -0.4 is 5.73 Å². The summed E-state index contributed by atoms with van der Waals surface area (Å²) in [5.74, 6) is 0.0274. The van der Waals surface area contributed by atoms with Crippen LogP contribution in [0.1, 0.15) is 35.7 Å². The molecule has 28 heavy (non-hydrogen) atoms. The largest absolute Gasteiger partial charge is 0.573 e. The summed E-state index contributed by atoms with van der Waals surface area (Å²) in [4.78, 5) is 3.19. The fourth-order valence-electron chi connectivity index (χ4n) is 3.16. The summed E-state index contributed by atoms with van der Waals surface area (Å²) in [7, 11) is 0. The first-order valence-corrected chi connectivity index (χ1v) is 8.67. The second kappa shape index (κ2) is 7.16. The molecule has 6 nitrogen and oxygen atoms in total. The molecule has 1 aliphatic carbocycles. The van der Waals surface area contributed by atoms with Crippen LogP contribution in [0.5, 0.6) is 0 Å². The van der Waals surface area contributed by atoms with Gasteiger partial charge in [-0.05, 0) is 36.6 Å². The lowest BCUT2D eigenvalue weighted by Crippen LogP contribution is -2.14. The predicted octanol–water partition coefficient (Wildman–Crippen LogP) is 4.26. The maximum absolute atomic E-state index is 12.3. The number of allylic oxidation sites excluding steroid dienone is 3. The van der Waals surface area contributed by atoms with Crippen LogP contribution in [0.3, 0.4) is 0 Å². The van der Waals surface area contributed by atoms with Gasteiger partial charge in [0, 0.05) is 17.1 Å². The molecule has 0 saturated carbocycles. The number of nitrogens with zero attached hydrogens (tertiary/aromatic N) is 2. The Morgan fingerprint density at radius 3 is 2.86 bits per heavy atom.